The van der Waals surface area contributed by atoms with Gasteiger partial charge in [0.2, 0.25) is 0 Å². The number of halogens is 1. The summed E-state index contributed by atoms with van der Waals surface area (Å²) < 4.78 is 7.50. The van der Waals surface area contributed by atoms with E-state index in [0.29, 0.717) is 11.4 Å². The van der Waals surface area contributed by atoms with E-state index in [1.807, 2.05) is 42.6 Å². The first-order chi connectivity index (χ1) is 15.5. The molecular weight excluding hydrogens is 426 g/mol. The molecule has 0 bridgehead atoms. The molecule has 32 heavy (non-hydrogen) atoms. The van der Waals surface area contributed by atoms with Crippen LogP contribution in [0.15, 0.2) is 79.0 Å². The number of ether oxygens (including phenoxy) is 1. The summed E-state index contributed by atoms with van der Waals surface area (Å²) in [5, 5.41) is 32.0. The van der Waals surface area contributed by atoms with Crippen LogP contribution in [0, 0.1) is 0 Å². The van der Waals surface area contributed by atoms with E-state index in [2.05, 4.69) is 36.4 Å². The van der Waals surface area contributed by atoms with Gasteiger partial charge in [0.1, 0.15) is 18.3 Å². The van der Waals surface area contributed by atoms with Gasteiger partial charge in [0, 0.05) is 11.6 Å². The maximum absolute atomic E-state index is 10.5. The lowest BCUT2D eigenvalue weighted by Gasteiger charge is -2.36. The minimum atomic E-state index is -1.28. The van der Waals surface area contributed by atoms with Gasteiger partial charge in [-0.3, -0.25) is 0 Å². The minimum absolute atomic E-state index is 0.0561. The number of aromatic nitrogens is 1. The normalized spacial score (nSPS) is 23.5. The van der Waals surface area contributed by atoms with Gasteiger partial charge in [0.25, 0.3) is 0 Å². The molecule has 0 saturated carbocycles. The van der Waals surface area contributed by atoms with E-state index in [0.717, 1.165) is 27.6 Å². The quantitative estimate of drug-likeness (QED) is 0.437. The van der Waals surface area contributed by atoms with Crippen LogP contribution in [0.25, 0.3) is 22.0 Å². The first kappa shape index (κ1) is 21.2. The van der Waals surface area contributed by atoms with Crippen molar-refractivity contribution < 1.29 is 20.1 Å². The zero-order valence-electron chi connectivity index (χ0n) is 17.3. The molecule has 4 aromatic rings. The predicted octanol–water partition coefficient (Wildman–Crippen LogP) is 4.16. The van der Waals surface area contributed by atoms with Crippen LogP contribution >= 0.6 is 11.6 Å². The summed E-state index contributed by atoms with van der Waals surface area (Å²) in [7, 11) is 0. The highest BCUT2D eigenvalue weighted by Crippen LogP contribution is 2.35. The molecule has 164 valence electrons. The summed E-state index contributed by atoms with van der Waals surface area (Å²) >= 11 is 6.57. The van der Waals surface area contributed by atoms with Crippen molar-refractivity contribution in [3.63, 3.8) is 0 Å². The second kappa shape index (κ2) is 8.70. The number of fused-ring (bicyclic) bond motifs is 1. The van der Waals surface area contributed by atoms with E-state index in [9.17, 15) is 15.3 Å². The van der Waals surface area contributed by atoms with Gasteiger partial charge in [0.15, 0.2) is 6.23 Å². The van der Waals surface area contributed by atoms with Crippen LogP contribution in [0.3, 0.4) is 0 Å². The molecule has 1 aromatic heterocycles. The van der Waals surface area contributed by atoms with Gasteiger partial charge in [-0.05, 0) is 40.8 Å². The van der Waals surface area contributed by atoms with Crippen molar-refractivity contribution in [1.29, 1.82) is 0 Å². The number of rotatable bonds is 4. The first-order valence-electron chi connectivity index (χ1n) is 10.6. The molecule has 0 radical (unpaired) electrons. The molecule has 1 saturated heterocycles. The van der Waals surface area contributed by atoms with Crippen molar-refractivity contribution in [2.45, 2.75) is 31.0 Å². The van der Waals surface area contributed by atoms with Crippen molar-refractivity contribution in [2.24, 2.45) is 0 Å². The molecule has 0 spiro atoms. The molecule has 5 nitrogen and oxygen atoms in total. The first-order valence-corrected chi connectivity index (χ1v) is 11.0. The number of hydrogen-bond donors (Lipinski definition) is 3. The number of hydrogen-bond acceptors (Lipinski definition) is 4. The third-order valence-corrected chi connectivity index (χ3v) is 6.40. The molecule has 1 aliphatic rings. The van der Waals surface area contributed by atoms with E-state index in [1.165, 1.54) is 5.56 Å². The maximum atomic E-state index is 10.5. The van der Waals surface area contributed by atoms with E-state index in [4.69, 9.17) is 16.3 Å². The Hall–Kier alpha value is -2.67. The minimum Gasteiger partial charge on any atom is -0.388 e. The highest BCUT2D eigenvalue weighted by molar-refractivity contribution is 6.35. The van der Waals surface area contributed by atoms with Crippen LogP contribution in [0.2, 0.25) is 5.02 Å². The Morgan fingerprint density at radius 3 is 2.31 bits per heavy atom. The fraction of sp³-hybridized carbons (Fsp3) is 0.231. The summed E-state index contributed by atoms with van der Waals surface area (Å²) in [6.07, 6.45) is -1.90. The van der Waals surface area contributed by atoms with Crippen LogP contribution < -0.4 is 0 Å². The Kier molecular flexibility index (Phi) is 5.76. The van der Waals surface area contributed by atoms with E-state index in [1.54, 1.807) is 4.57 Å². The Labute approximate surface area is 191 Å². The van der Waals surface area contributed by atoms with Crippen molar-refractivity contribution in [3.8, 4) is 11.1 Å². The summed E-state index contributed by atoms with van der Waals surface area (Å²) in [5.74, 6) is 0. The summed E-state index contributed by atoms with van der Waals surface area (Å²) in [6, 6.07) is 24.3. The van der Waals surface area contributed by atoms with Gasteiger partial charge >= 0.3 is 0 Å². The van der Waals surface area contributed by atoms with Crippen LogP contribution in [-0.2, 0) is 11.2 Å². The maximum Gasteiger partial charge on any atom is 0.162 e. The Balaban J connectivity index is 1.50. The van der Waals surface area contributed by atoms with Crippen molar-refractivity contribution >= 4 is 22.5 Å². The van der Waals surface area contributed by atoms with E-state index < -0.39 is 24.5 Å². The fourth-order valence-electron chi connectivity index (χ4n) is 4.39. The molecule has 0 aliphatic carbocycles. The van der Waals surface area contributed by atoms with Crippen molar-refractivity contribution in [3.05, 3.63) is 95.1 Å². The highest BCUT2D eigenvalue weighted by Gasteiger charge is 2.39. The average molecular weight is 450 g/mol. The van der Waals surface area contributed by atoms with Crippen LogP contribution in [0.5, 0.6) is 0 Å². The Bertz CT molecular complexity index is 1220. The number of aliphatic hydroxyl groups is 3. The van der Waals surface area contributed by atoms with Gasteiger partial charge in [-0.15, -0.1) is 0 Å². The average Bonchev–Trinajstić information content (AvgIpc) is 3.18. The lowest BCUT2D eigenvalue weighted by atomic mass is 10.00. The summed E-state index contributed by atoms with van der Waals surface area (Å²) in [5.41, 5.74) is 5.25. The molecule has 3 N–H and O–H groups in total. The zero-order valence-corrected chi connectivity index (χ0v) is 18.1. The van der Waals surface area contributed by atoms with E-state index >= 15 is 0 Å². The van der Waals surface area contributed by atoms with Gasteiger partial charge in [-0.25, -0.2) is 0 Å². The van der Waals surface area contributed by atoms with Crippen LogP contribution in [-0.4, -0.2) is 44.8 Å². The monoisotopic (exact) mass is 449 g/mol. The molecule has 0 amide bonds. The van der Waals surface area contributed by atoms with Crippen LogP contribution in [0.4, 0.5) is 0 Å². The largest absolute Gasteiger partial charge is 0.388 e. The summed E-state index contributed by atoms with van der Waals surface area (Å²) in [6.45, 7) is -0.0561. The van der Waals surface area contributed by atoms with Crippen molar-refractivity contribution in [1.82, 2.24) is 4.57 Å². The predicted molar refractivity (Wildman–Crippen MR) is 125 cm³/mol. The third kappa shape index (κ3) is 3.83. The van der Waals surface area contributed by atoms with Crippen molar-refractivity contribution in [2.75, 3.05) is 6.61 Å². The molecule has 2 heterocycles. The van der Waals surface area contributed by atoms with Crippen LogP contribution in [0.1, 0.15) is 17.4 Å². The van der Waals surface area contributed by atoms with Gasteiger partial charge in [-0.2, -0.15) is 0 Å². The van der Waals surface area contributed by atoms with Gasteiger partial charge in [-0.1, -0.05) is 72.3 Å². The number of benzene rings is 3. The Morgan fingerprint density at radius 2 is 1.56 bits per heavy atom. The second-order valence-electron chi connectivity index (χ2n) is 8.21. The second-order valence-corrected chi connectivity index (χ2v) is 8.61. The molecule has 0 unspecified atom stereocenters. The molecule has 4 atom stereocenters. The van der Waals surface area contributed by atoms with Gasteiger partial charge < -0.3 is 24.6 Å². The summed E-state index contributed by atoms with van der Waals surface area (Å²) in [4.78, 5) is 0. The Morgan fingerprint density at radius 1 is 0.844 bits per heavy atom. The number of aliphatic hydroxyl groups excluding tert-OH is 3. The zero-order chi connectivity index (χ0) is 22.2. The van der Waals surface area contributed by atoms with Gasteiger partial charge in [0.05, 0.1) is 17.1 Å². The molecule has 6 heteroatoms. The lowest BCUT2D eigenvalue weighted by molar-refractivity contribution is -0.209. The fourth-order valence-corrected chi connectivity index (χ4v) is 4.68. The molecule has 1 fully saturated rings. The molecular formula is C26H24ClNO4. The lowest BCUT2D eigenvalue weighted by Crippen LogP contribution is -2.50. The molecule has 3 aromatic carbocycles. The smallest absolute Gasteiger partial charge is 0.162 e. The molecule has 1 aliphatic heterocycles. The van der Waals surface area contributed by atoms with E-state index in [-0.39, 0.29) is 6.61 Å². The standard InChI is InChI=1S/C26H24ClNO4/c27-20-7-4-8-21-23(20)19(14-28(21)26-25(31)24(30)22(29)15-32-26)13-16-9-11-18(12-10-16)17-5-2-1-3-6-17/h1-12,14,22,24-26,29-31H,13,15H2/t22-,24+,25-,26-/m1/s1. The topological polar surface area (TPSA) is 74.9 Å². The SMILES string of the molecule is O[C@@H]1[C@@H](O)[C@H](n2cc(Cc3ccc(-c4ccccc4)cc3)c3c(Cl)cccc32)OC[C@H]1O. The highest BCUT2D eigenvalue weighted by atomic mass is 35.5. The third-order valence-electron chi connectivity index (χ3n) is 6.09. The molecule has 5 rings (SSSR count). The number of nitrogens with zero attached hydrogens (tertiary/aromatic N) is 1.